The smallest absolute Gasteiger partial charge is 0.408 e. The molecule has 1 heterocycles. The first-order valence-corrected chi connectivity index (χ1v) is 12.0. The summed E-state index contributed by atoms with van der Waals surface area (Å²) in [6, 6.07) is 8.27. The molecular formula is C25H32BrFN2O3. The molecular weight excluding hydrogens is 475 g/mol. The van der Waals surface area contributed by atoms with E-state index in [0.717, 1.165) is 41.3 Å². The van der Waals surface area contributed by atoms with Crippen LogP contribution in [-0.4, -0.2) is 29.3 Å². The highest BCUT2D eigenvalue weighted by Crippen LogP contribution is 2.29. The molecule has 0 radical (unpaired) electrons. The van der Waals surface area contributed by atoms with Crippen LogP contribution < -0.4 is 10.1 Å². The predicted octanol–water partition coefficient (Wildman–Crippen LogP) is 6.43. The Hall–Kier alpha value is -2.15. The van der Waals surface area contributed by atoms with E-state index in [1.807, 2.05) is 26.8 Å². The molecule has 1 saturated carbocycles. The number of hydrogen-bond acceptors (Lipinski definition) is 4. The molecule has 1 unspecified atom stereocenters. The van der Waals surface area contributed by atoms with Gasteiger partial charge in [0.05, 0.1) is 10.5 Å². The lowest BCUT2D eigenvalue weighted by Crippen LogP contribution is -2.46. The van der Waals surface area contributed by atoms with Crippen LogP contribution in [0.25, 0.3) is 0 Å². The van der Waals surface area contributed by atoms with E-state index in [2.05, 4.69) is 26.2 Å². The number of halogens is 2. The van der Waals surface area contributed by atoms with Crippen molar-refractivity contribution in [2.45, 2.75) is 70.9 Å². The highest BCUT2D eigenvalue weighted by Gasteiger charge is 2.28. The number of carbonyl (C=O) groups is 1. The fraction of sp³-hybridized carbons (Fsp3) is 0.520. The van der Waals surface area contributed by atoms with Gasteiger partial charge >= 0.3 is 6.09 Å². The highest BCUT2D eigenvalue weighted by atomic mass is 79.9. The molecule has 1 aromatic heterocycles. The van der Waals surface area contributed by atoms with Crippen LogP contribution in [0.5, 0.6) is 5.88 Å². The first-order chi connectivity index (χ1) is 15.2. The molecule has 3 rings (SSSR count). The third-order valence-electron chi connectivity index (χ3n) is 5.51. The maximum absolute atomic E-state index is 13.1. The second-order valence-electron chi connectivity index (χ2n) is 9.40. The summed E-state index contributed by atoms with van der Waals surface area (Å²) in [5.74, 6) is 0.594. The van der Waals surface area contributed by atoms with Crippen molar-refractivity contribution < 1.29 is 18.7 Å². The van der Waals surface area contributed by atoms with Crippen LogP contribution in [-0.2, 0) is 11.2 Å². The molecule has 1 aliphatic carbocycles. The minimum Gasteiger partial charge on any atom is -0.475 e. The number of carbonyl (C=O) groups excluding carboxylic acids is 1. The van der Waals surface area contributed by atoms with Gasteiger partial charge in [0.15, 0.2) is 0 Å². The molecule has 0 bridgehead atoms. The van der Waals surface area contributed by atoms with Crippen LogP contribution in [0.2, 0.25) is 0 Å². The number of pyridine rings is 1. The van der Waals surface area contributed by atoms with Crippen LogP contribution in [0.15, 0.2) is 41.0 Å². The molecule has 1 amide bonds. The van der Waals surface area contributed by atoms with Crippen molar-refractivity contribution in [1.29, 1.82) is 0 Å². The van der Waals surface area contributed by atoms with Crippen LogP contribution in [0.3, 0.4) is 0 Å². The molecule has 1 N–H and O–H groups in total. The quantitative estimate of drug-likeness (QED) is 0.470. The van der Waals surface area contributed by atoms with E-state index in [-0.39, 0.29) is 11.9 Å². The minimum atomic E-state index is -0.549. The van der Waals surface area contributed by atoms with Crippen LogP contribution in [0.4, 0.5) is 9.18 Å². The largest absolute Gasteiger partial charge is 0.475 e. The summed E-state index contributed by atoms with van der Waals surface area (Å²) < 4.78 is 25.4. The summed E-state index contributed by atoms with van der Waals surface area (Å²) in [5.41, 5.74) is 1.45. The van der Waals surface area contributed by atoms with Gasteiger partial charge in [-0.3, -0.25) is 0 Å². The van der Waals surface area contributed by atoms with Gasteiger partial charge < -0.3 is 14.8 Å². The van der Waals surface area contributed by atoms with Crippen molar-refractivity contribution >= 4 is 22.0 Å². The minimum absolute atomic E-state index is 0.141. The second kappa shape index (κ2) is 11.1. The van der Waals surface area contributed by atoms with E-state index in [0.29, 0.717) is 24.8 Å². The lowest BCUT2D eigenvalue weighted by molar-refractivity contribution is 0.0447. The molecule has 174 valence electrons. The van der Waals surface area contributed by atoms with E-state index in [4.69, 9.17) is 9.47 Å². The van der Waals surface area contributed by atoms with Crippen LogP contribution >= 0.6 is 15.9 Å². The number of rotatable bonds is 7. The zero-order valence-corrected chi connectivity index (χ0v) is 20.6. The zero-order valence-electron chi connectivity index (χ0n) is 19.0. The van der Waals surface area contributed by atoms with E-state index < -0.39 is 11.7 Å². The van der Waals surface area contributed by atoms with Gasteiger partial charge in [-0.15, -0.1) is 0 Å². The Labute approximate surface area is 198 Å². The Balaban J connectivity index is 1.63. The van der Waals surface area contributed by atoms with Crippen molar-refractivity contribution in [3.05, 3.63) is 57.9 Å². The fourth-order valence-electron chi connectivity index (χ4n) is 3.97. The lowest BCUT2D eigenvalue weighted by Gasteiger charge is -2.31. The Morgan fingerprint density at radius 3 is 2.50 bits per heavy atom. The van der Waals surface area contributed by atoms with Gasteiger partial charge in [0.1, 0.15) is 18.0 Å². The van der Waals surface area contributed by atoms with Gasteiger partial charge in [0.25, 0.3) is 0 Å². The summed E-state index contributed by atoms with van der Waals surface area (Å²) in [6.07, 6.45) is 7.69. The van der Waals surface area contributed by atoms with E-state index in [1.165, 1.54) is 18.6 Å². The molecule has 0 spiro atoms. The average molecular weight is 507 g/mol. The average Bonchev–Trinajstić information content (AvgIpc) is 2.73. The van der Waals surface area contributed by atoms with Gasteiger partial charge in [-0.1, -0.05) is 31.4 Å². The van der Waals surface area contributed by atoms with E-state index in [1.54, 1.807) is 18.3 Å². The van der Waals surface area contributed by atoms with Crippen molar-refractivity contribution in [3.63, 3.8) is 0 Å². The molecule has 1 atom stereocenters. The molecule has 5 nitrogen and oxygen atoms in total. The Morgan fingerprint density at radius 2 is 1.88 bits per heavy atom. The second-order valence-corrected chi connectivity index (χ2v) is 10.2. The highest BCUT2D eigenvalue weighted by molar-refractivity contribution is 9.10. The zero-order chi connectivity index (χ0) is 23.1. The Morgan fingerprint density at radius 1 is 1.19 bits per heavy atom. The predicted molar refractivity (Wildman–Crippen MR) is 126 cm³/mol. The number of hydrogen-bond donors (Lipinski definition) is 1. The molecule has 1 aliphatic rings. The first-order valence-electron chi connectivity index (χ1n) is 11.2. The molecule has 1 aromatic carbocycles. The van der Waals surface area contributed by atoms with Crippen LogP contribution in [0.1, 0.15) is 64.0 Å². The molecule has 0 aliphatic heterocycles. The van der Waals surface area contributed by atoms with Crippen molar-refractivity contribution in [3.8, 4) is 5.88 Å². The number of amides is 1. The number of nitrogens with zero attached hydrogens (tertiary/aromatic N) is 1. The normalized spacial score (nSPS) is 15.8. The maximum atomic E-state index is 13.1. The van der Waals surface area contributed by atoms with Crippen molar-refractivity contribution in [2.24, 2.45) is 5.92 Å². The number of ether oxygens (including phenoxy) is 2. The number of alkyl carbamates (subject to hydrolysis) is 1. The summed E-state index contributed by atoms with van der Waals surface area (Å²) in [6.45, 7) is 5.89. The topological polar surface area (TPSA) is 60.5 Å². The van der Waals surface area contributed by atoms with Gasteiger partial charge in [-0.25, -0.2) is 14.2 Å². The third kappa shape index (κ3) is 7.76. The maximum Gasteiger partial charge on any atom is 0.408 e. The summed E-state index contributed by atoms with van der Waals surface area (Å²) in [5, 5.41) is 3.02. The monoisotopic (exact) mass is 506 g/mol. The van der Waals surface area contributed by atoms with Crippen molar-refractivity contribution in [1.82, 2.24) is 10.3 Å². The SMILES string of the molecule is CC(C)(C)OC(=O)NC(COc1ncc(Cc2ccc(F)cc2)cc1Br)C1CCCCC1. The van der Waals surface area contributed by atoms with Gasteiger partial charge in [0.2, 0.25) is 5.88 Å². The Bertz CT molecular complexity index is 893. The number of benzene rings is 1. The van der Waals surface area contributed by atoms with E-state index in [9.17, 15) is 9.18 Å². The van der Waals surface area contributed by atoms with E-state index >= 15 is 0 Å². The number of nitrogens with one attached hydrogen (secondary N) is 1. The third-order valence-corrected chi connectivity index (χ3v) is 6.07. The molecule has 1 fully saturated rings. The molecule has 7 heteroatoms. The molecule has 2 aromatic rings. The summed E-state index contributed by atoms with van der Waals surface area (Å²) >= 11 is 3.55. The van der Waals surface area contributed by atoms with Crippen molar-refractivity contribution in [2.75, 3.05) is 6.61 Å². The summed E-state index contributed by atoms with van der Waals surface area (Å²) in [4.78, 5) is 16.9. The Kier molecular flexibility index (Phi) is 8.51. The first kappa shape index (κ1) is 24.5. The standard InChI is InChI=1S/C25H32BrFN2O3/c1-25(2,3)32-24(30)29-22(19-7-5-4-6-8-19)16-31-23-21(26)14-18(15-28-23)13-17-9-11-20(27)12-10-17/h9-12,14-15,19,22H,4-8,13,16H2,1-3H3,(H,29,30). The summed E-state index contributed by atoms with van der Waals surface area (Å²) in [7, 11) is 0. The van der Waals surface area contributed by atoms with Gasteiger partial charge in [-0.2, -0.15) is 0 Å². The van der Waals surface area contributed by atoms with Gasteiger partial charge in [0, 0.05) is 6.20 Å². The number of aromatic nitrogens is 1. The van der Waals surface area contributed by atoms with Gasteiger partial charge in [-0.05, 0) is 91.2 Å². The lowest BCUT2D eigenvalue weighted by atomic mass is 9.84. The fourth-order valence-corrected chi connectivity index (χ4v) is 4.48. The molecule has 0 saturated heterocycles. The van der Waals surface area contributed by atoms with Crippen LogP contribution in [0, 0.1) is 11.7 Å². The molecule has 32 heavy (non-hydrogen) atoms.